The maximum Gasteiger partial charge on any atom is 0.416 e. The van der Waals surface area contributed by atoms with Crippen molar-refractivity contribution in [1.29, 1.82) is 0 Å². The first kappa shape index (κ1) is 34.2. The van der Waals surface area contributed by atoms with Gasteiger partial charge in [0, 0.05) is 24.0 Å². The van der Waals surface area contributed by atoms with E-state index in [0.29, 0.717) is 33.4 Å². The lowest BCUT2D eigenvalue weighted by atomic mass is 10.0. The summed E-state index contributed by atoms with van der Waals surface area (Å²) in [5.41, 5.74) is -0.455. The van der Waals surface area contributed by atoms with E-state index in [1.807, 2.05) is 6.92 Å². The fraction of sp³-hybridized carbons (Fsp3) is 0.333. The number of hydrogen-bond acceptors (Lipinski definition) is 4. The number of benzene rings is 3. The van der Waals surface area contributed by atoms with Gasteiger partial charge in [-0.1, -0.05) is 78.7 Å². The molecule has 2 amide bonds. The minimum absolute atomic E-state index is 0.0719. The van der Waals surface area contributed by atoms with Gasteiger partial charge in [-0.25, -0.2) is 8.42 Å². The first-order chi connectivity index (χ1) is 20.1. The largest absolute Gasteiger partial charge is 0.416 e. The highest BCUT2D eigenvalue weighted by Gasteiger charge is 2.36. The predicted octanol–water partition coefficient (Wildman–Crippen LogP) is 6.33. The van der Waals surface area contributed by atoms with Crippen molar-refractivity contribution in [3.63, 3.8) is 0 Å². The summed E-state index contributed by atoms with van der Waals surface area (Å²) >= 11 is 12.6. The molecule has 0 saturated heterocycles. The number of sulfonamides is 1. The van der Waals surface area contributed by atoms with Gasteiger partial charge in [0.1, 0.15) is 12.6 Å². The Morgan fingerprint density at radius 2 is 1.58 bits per heavy atom. The second-order valence-corrected chi connectivity index (χ2v) is 12.8. The van der Waals surface area contributed by atoms with Crippen LogP contribution in [0.1, 0.15) is 37.0 Å². The Kier molecular flexibility index (Phi) is 11.5. The maximum atomic E-state index is 14.1. The molecule has 2 atom stereocenters. The van der Waals surface area contributed by atoms with Crippen LogP contribution in [0.4, 0.5) is 18.9 Å². The second-order valence-electron chi connectivity index (χ2n) is 10.1. The lowest BCUT2D eigenvalue weighted by Gasteiger charge is -2.34. The van der Waals surface area contributed by atoms with E-state index in [-0.39, 0.29) is 24.0 Å². The molecule has 232 valence electrons. The monoisotopic (exact) mass is 657 g/mol. The smallest absolute Gasteiger partial charge is 0.352 e. The van der Waals surface area contributed by atoms with Crippen LogP contribution in [0.25, 0.3) is 0 Å². The molecule has 0 aliphatic carbocycles. The SMILES string of the molecule is CC[C@H](C)NC(=O)[C@H](Cc1ccccc1)N(Cc1ccccc1Cl)C(=O)CN(c1cc(C(F)(F)F)ccc1Cl)S(C)(=O)=O. The molecule has 3 rings (SSSR count). The molecule has 0 aromatic heterocycles. The summed E-state index contributed by atoms with van der Waals surface area (Å²) in [5, 5.41) is 2.89. The third kappa shape index (κ3) is 9.35. The number of nitrogens with zero attached hydrogens (tertiary/aromatic N) is 2. The Morgan fingerprint density at radius 3 is 2.16 bits per heavy atom. The van der Waals surface area contributed by atoms with Crippen LogP contribution < -0.4 is 9.62 Å². The number of carbonyl (C=O) groups is 2. The van der Waals surface area contributed by atoms with Crippen molar-refractivity contribution in [2.75, 3.05) is 17.1 Å². The zero-order valence-corrected chi connectivity index (χ0v) is 26.1. The molecule has 13 heteroatoms. The first-order valence-corrected chi connectivity index (χ1v) is 15.9. The molecule has 0 heterocycles. The molecule has 3 aromatic rings. The van der Waals surface area contributed by atoms with E-state index in [9.17, 15) is 31.2 Å². The molecule has 1 N–H and O–H groups in total. The highest BCUT2D eigenvalue weighted by Crippen LogP contribution is 2.36. The lowest BCUT2D eigenvalue weighted by molar-refractivity contribution is -0.140. The minimum Gasteiger partial charge on any atom is -0.352 e. The zero-order valence-electron chi connectivity index (χ0n) is 23.7. The van der Waals surface area contributed by atoms with Crippen LogP contribution in [0.3, 0.4) is 0 Å². The molecule has 0 radical (unpaired) electrons. The van der Waals surface area contributed by atoms with Gasteiger partial charge in [0.15, 0.2) is 0 Å². The predicted molar refractivity (Wildman–Crippen MR) is 162 cm³/mol. The van der Waals surface area contributed by atoms with Gasteiger partial charge < -0.3 is 10.2 Å². The van der Waals surface area contributed by atoms with Crippen LogP contribution in [-0.2, 0) is 38.8 Å². The molecule has 3 aromatic carbocycles. The molecule has 7 nitrogen and oxygen atoms in total. The Balaban J connectivity index is 2.13. The van der Waals surface area contributed by atoms with E-state index in [4.69, 9.17) is 23.2 Å². The zero-order chi connectivity index (χ0) is 31.9. The normalized spacial score (nSPS) is 13.2. The highest BCUT2D eigenvalue weighted by atomic mass is 35.5. The van der Waals surface area contributed by atoms with Gasteiger partial charge in [0.2, 0.25) is 21.8 Å². The van der Waals surface area contributed by atoms with E-state index >= 15 is 0 Å². The molecule has 43 heavy (non-hydrogen) atoms. The molecule has 0 aliphatic heterocycles. The average Bonchev–Trinajstić information content (AvgIpc) is 2.94. The molecular weight excluding hydrogens is 626 g/mol. The first-order valence-electron chi connectivity index (χ1n) is 13.3. The molecular formula is C30H32Cl2F3N3O4S. The number of carbonyl (C=O) groups excluding carboxylic acids is 2. The number of rotatable bonds is 12. The van der Waals surface area contributed by atoms with Gasteiger partial charge in [-0.05, 0) is 48.7 Å². The van der Waals surface area contributed by atoms with Crippen molar-refractivity contribution in [2.45, 2.75) is 51.5 Å². The minimum atomic E-state index is -4.79. The van der Waals surface area contributed by atoms with Crippen molar-refractivity contribution in [3.8, 4) is 0 Å². The Morgan fingerprint density at radius 1 is 0.953 bits per heavy atom. The van der Waals surface area contributed by atoms with Crippen LogP contribution in [0.5, 0.6) is 0 Å². The molecule has 0 fully saturated rings. The number of amides is 2. The van der Waals surface area contributed by atoms with Crippen molar-refractivity contribution in [3.05, 3.63) is 99.5 Å². The number of alkyl halides is 3. The molecule has 0 bridgehead atoms. The van der Waals surface area contributed by atoms with E-state index in [0.717, 1.165) is 17.9 Å². The Bertz CT molecular complexity index is 1540. The van der Waals surface area contributed by atoms with Crippen LogP contribution in [-0.4, -0.2) is 50.0 Å². The quantitative estimate of drug-likeness (QED) is 0.247. The fourth-order valence-electron chi connectivity index (χ4n) is 4.28. The number of nitrogens with one attached hydrogen (secondary N) is 1. The summed E-state index contributed by atoms with van der Waals surface area (Å²) in [4.78, 5) is 29.0. The van der Waals surface area contributed by atoms with Crippen molar-refractivity contribution < 1.29 is 31.2 Å². The van der Waals surface area contributed by atoms with E-state index in [1.54, 1.807) is 61.5 Å². The third-order valence-electron chi connectivity index (χ3n) is 6.79. The van der Waals surface area contributed by atoms with Crippen molar-refractivity contribution in [1.82, 2.24) is 10.2 Å². The van der Waals surface area contributed by atoms with E-state index in [1.165, 1.54) is 4.90 Å². The third-order valence-corrected chi connectivity index (χ3v) is 8.61. The Labute approximate surface area is 259 Å². The van der Waals surface area contributed by atoms with Gasteiger partial charge in [-0.3, -0.25) is 13.9 Å². The van der Waals surface area contributed by atoms with Gasteiger partial charge in [-0.2, -0.15) is 13.2 Å². The second kappa shape index (κ2) is 14.5. The average molecular weight is 659 g/mol. The van der Waals surface area contributed by atoms with Crippen LogP contribution >= 0.6 is 23.2 Å². The van der Waals surface area contributed by atoms with Crippen LogP contribution in [0, 0.1) is 0 Å². The summed E-state index contributed by atoms with van der Waals surface area (Å²) in [6.07, 6.45) is -3.36. The Hall–Kier alpha value is -3.28. The van der Waals surface area contributed by atoms with Gasteiger partial charge >= 0.3 is 6.18 Å². The number of hydrogen-bond donors (Lipinski definition) is 1. The van der Waals surface area contributed by atoms with E-state index in [2.05, 4.69) is 5.32 Å². The maximum absolute atomic E-state index is 14.1. The number of halogens is 5. The molecule has 0 spiro atoms. The summed E-state index contributed by atoms with van der Waals surface area (Å²) in [5.74, 6) is -1.33. The number of anilines is 1. The lowest BCUT2D eigenvalue weighted by Crippen LogP contribution is -2.54. The van der Waals surface area contributed by atoms with Crippen LogP contribution in [0.15, 0.2) is 72.8 Å². The van der Waals surface area contributed by atoms with Crippen molar-refractivity contribution in [2.24, 2.45) is 0 Å². The summed E-state index contributed by atoms with van der Waals surface area (Å²) in [7, 11) is -4.33. The van der Waals surface area contributed by atoms with Gasteiger partial charge in [0.05, 0.1) is 22.5 Å². The van der Waals surface area contributed by atoms with Crippen molar-refractivity contribution >= 4 is 50.7 Å². The van der Waals surface area contributed by atoms with E-state index < -0.39 is 51.9 Å². The van der Waals surface area contributed by atoms with Crippen LogP contribution in [0.2, 0.25) is 10.0 Å². The summed E-state index contributed by atoms with van der Waals surface area (Å²) in [6.45, 7) is 2.58. The standard InChI is InChI=1S/C30H32Cl2F3N3O4S/c1-4-20(2)36-29(40)27(16-21-10-6-5-7-11-21)37(18-22-12-8-9-13-24(22)31)28(39)19-38(43(3,41)42)26-17-23(30(33,34)35)14-15-25(26)32/h5-15,17,20,27H,4,16,18-19H2,1-3H3,(H,36,40)/t20-,27-/m0/s1. The highest BCUT2D eigenvalue weighted by molar-refractivity contribution is 7.92. The molecule has 0 aliphatic rings. The van der Waals surface area contributed by atoms with Gasteiger partial charge in [-0.15, -0.1) is 0 Å². The fourth-order valence-corrected chi connectivity index (χ4v) is 5.60. The molecule has 0 saturated carbocycles. The summed E-state index contributed by atoms with van der Waals surface area (Å²) < 4.78 is 66.9. The summed E-state index contributed by atoms with van der Waals surface area (Å²) in [6, 6.07) is 16.4. The molecule has 0 unspecified atom stereocenters. The van der Waals surface area contributed by atoms with Gasteiger partial charge in [0.25, 0.3) is 0 Å². The topological polar surface area (TPSA) is 86.8 Å².